The molecule has 46 heavy (non-hydrogen) atoms. The first-order valence-corrected chi connectivity index (χ1v) is 14.2. The molecule has 0 saturated heterocycles. The van der Waals surface area contributed by atoms with Crippen molar-refractivity contribution in [1.29, 1.82) is 0 Å². The number of Topliss-reactive ketones (excluding diaryl/α,β-unsaturated/α-hetero) is 2. The molecule has 8 rings (SSSR count). The molecule has 0 saturated carbocycles. The Hall–Kier alpha value is -5.27. The number of ether oxygens (including phenoxy) is 3. The van der Waals surface area contributed by atoms with Crippen LogP contribution in [0.3, 0.4) is 0 Å². The lowest BCUT2D eigenvalue weighted by Gasteiger charge is -2.49. The molecule has 1 spiro atoms. The molecule has 1 aliphatic heterocycles. The molecule has 0 radical (unpaired) electrons. The zero-order chi connectivity index (χ0) is 33.2. The number of phenolic OH excluding ortho intramolecular Hbond substituents is 2. The molecule has 2 aromatic carbocycles. The van der Waals surface area contributed by atoms with E-state index in [0.29, 0.717) is 11.6 Å². The monoisotopic (exact) mass is 630 g/mol. The van der Waals surface area contributed by atoms with Crippen LogP contribution in [0, 0.1) is 12.3 Å². The summed E-state index contributed by atoms with van der Waals surface area (Å²) >= 11 is 0. The second-order valence-corrected chi connectivity index (χ2v) is 12.1. The number of rotatable bonds is 2. The summed E-state index contributed by atoms with van der Waals surface area (Å²) in [6.45, 7) is 2.83. The minimum absolute atomic E-state index is 0.0699. The van der Waals surface area contributed by atoms with Crippen molar-refractivity contribution in [3.63, 3.8) is 0 Å². The van der Waals surface area contributed by atoms with Crippen molar-refractivity contribution in [2.45, 2.75) is 49.6 Å². The number of ketones is 3. The number of aryl methyl sites for hydroxylation is 1. The van der Waals surface area contributed by atoms with Crippen LogP contribution in [0.25, 0.3) is 5.76 Å². The van der Waals surface area contributed by atoms with Crippen LogP contribution in [0.15, 0.2) is 48.1 Å². The predicted molar refractivity (Wildman–Crippen MR) is 153 cm³/mol. The Morgan fingerprint density at radius 2 is 1.72 bits per heavy atom. The van der Waals surface area contributed by atoms with Crippen molar-refractivity contribution in [3.8, 4) is 17.2 Å². The van der Waals surface area contributed by atoms with Crippen molar-refractivity contribution in [1.82, 2.24) is 0 Å². The molecule has 0 unspecified atom stereocenters. The van der Waals surface area contributed by atoms with E-state index >= 15 is 0 Å². The molecule has 5 N–H and O–H groups in total. The van der Waals surface area contributed by atoms with Crippen LogP contribution >= 0.6 is 0 Å². The maximum absolute atomic E-state index is 14.5. The largest absolute Gasteiger partial charge is 0.507 e. The average Bonchev–Trinajstić information content (AvgIpc) is 3.21. The highest BCUT2D eigenvalue weighted by Crippen LogP contribution is 2.63. The number of aromatic hydroxyl groups is 2. The fraction of sp³-hybridized carbons (Fsp3) is 0.303. The number of hydrogen-bond donors (Lipinski definition) is 5. The highest BCUT2D eigenvalue weighted by Gasteiger charge is 2.75. The molecule has 13 heteroatoms. The molecule has 13 nitrogen and oxygen atoms in total. The fourth-order valence-electron chi connectivity index (χ4n) is 7.73. The fourth-order valence-corrected chi connectivity index (χ4v) is 7.73. The lowest BCUT2D eigenvalue weighted by Crippen LogP contribution is -2.78. The van der Waals surface area contributed by atoms with Gasteiger partial charge in [0.2, 0.25) is 11.4 Å². The lowest BCUT2D eigenvalue weighted by atomic mass is 9.61. The number of phenols is 2. The van der Waals surface area contributed by atoms with Crippen LogP contribution in [-0.4, -0.2) is 79.2 Å². The topological polar surface area (TPSA) is 214 Å². The van der Waals surface area contributed by atoms with E-state index in [4.69, 9.17) is 14.2 Å². The number of allylic oxidation sites excluding steroid dienone is 1. The van der Waals surface area contributed by atoms with Gasteiger partial charge in [-0.3, -0.25) is 19.2 Å². The van der Waals surface area contributed by atoms with Crippen LogP contribution in [0.2, 0.25) is 0 Å². The summed E-state index contributed by atoms with van der Waals surface area (Å²) in [5.41, 5.74) is -8.22. The van der Waals surface area contributed by atoms with E-state index in [9.17, 15) is 49.5 Å². The van der Waals surface area contributed by atoms with Gasteiger partial charge in [0.05, 0.1) is 29.6 Å². The van der Waals surface area contributed by atoms with E-state index in [0.717, 1.165) is 26.2 Å². The molecule has 0 aromatic heterocycles. The van der Waals surface area contributed by atoms with Crippen LogP contribution in [0.1, 0.15) is 57.1 Å². The Labute approximate surface area is 259 Å². The molecular weight excluding hydrogens is 604 g/mol. The van der Waals surface area contributed by atoms with Gasteiger partial charge in [0.25, 0.3) is 5.60 Å². The summed E-state index contributed by atoms with van der Waals surface area (Å²) in [6, 6.07) is 4.10. The SMILES string of the molecule is COC(=O)[C@]12Oc3c(c(O)cc4c3[C@@H]3C=C[C@]5(C4)C(=C(O)c4c(O)cc(C)cc4[C@@H]5OC(C)=O)C3=O)C(=O)[C@]1(O)C(=O)C=C[C@@H]2O. The molecular formula is C33H26O13. The number of fused-ring (bicyclic) bond motifs is 3. The molecule has 5 aliphatic carbocycles. The van der Waals surface area contributed by atoms with Gasteiger partial charge in [-0.25, -0.2) is 4.79 Å². The molecule has 2 aromatic rings. The lowest BCUT2D eigenvalue weighted by molar-refractivity contribution is -0.200. The van der Waals surface area contributed by atoms with Gasteiger partial charge < -0.3 is 39.7 Å². The molecule has 1 heterocycles. The number of methoxy groups -OCH3 is 1. The van der Waals surface area contributed by atoms with E-state index in [1.165, 1.54) is 12.1 Å². The van der Waals surface area contributed by atoms with Crippen molar-refractivity contribution < 1.29 is 63.7 Å². The maximum Gasteiger partial charge on any atom is 0.357 e. The first kappa shape index (κ1) is 29.4. The Bertz CT molecular complexity index is 1970. The molecule has 2 bridgehead atoms. The summed E-state index contributed by atoms with van der Waals surface area (Å²) in [6.07, 6.45) is 0.920. The van der Waals surface area contributed by atoms with Crippen molar-refractivity contribution >= 4 is 35.0 Å². The molecule has 0 fully saturated rings. The Kier molecular flexibility index (Phi) is 5.85. The second kappa shape index (κ2) is 9.14. The minimum Gasteiger partial charge on any atom is -0.507 e. The normalized spacial score (nSPS) is 31.6. The maximum atomic E-state index is 14.5. The van der Waals surface area contributed by atoms with Crippen molar-refractivity contribution in [2.75, 3.05) is 7.11 Å². The van der Waals surface area contributed by atoms with Gasteiger partial charge in [-0.15, -0.1) is 0 Å². The highest BCUT2D eigenvalue weighted by molar-refractivity contribution is 6.28. The Morgan fingerprint density at radius 1 is 1.02 bits per heavy atom. The van der Waals surface area contributed by atoms with Gasteiger partial charge >= 0.3 is 11.9 Å². The quantitative estimate of drug-likeness (QED) is 0.181. The van der Waals surface area contributed by atoms with E-state index < -0.39 is 86.9 Å². The molecule has 0 amide bonds. The van der Waals surface area contributed by atoms with Gasteiger partial charge in [-0.1, -0.05) is 18.2 Å². The minimum atomic E-state index is -3.36. The summed E-state index contributed by atoms with van der Waals surface area (Å²) in [5, 5.41) is 56.4. The van der Waals surface area contributed by atoms with Gasteiger partial charge in [-0.2, -0.15) is 0 Å². The van der Waals surface area contributed by atoms with Crippen molar-refractivity contribution in [2.24, 2.45) is 5.41 Å². The smallest absolute Gasteiger partial charge is 0.357 e. The van der Waals surface area contributed by atoms with Crippen LogP contribution in [0.5, 0.6) is 17.2 Å². The van der Waals surface area contributed by atoms with E-state index in [2.05, 4.69) is 0 Å². The number of carbonyl (C=O) groups excluding carboxylic acids is 5. The van der Waals surface area contributed by atoms with Crippen LogP contribution in [-0.2, 0) is 35.1 Å². The zero-order valence-corrected chi connectivity index (χ0v) is 24.5. The zero-order valence-electron chi connectivity index (χ0n) is 24.5. The van der Waals surface area contributed by atoms with Gasteiger partial charge in [0.1, 0.15) is 40.8 Å². The van der Waals surface area contributed by atoms with E-state index in [-0.39, 0.29) is 40.0 Å². The second-order valence-electron chi connectivity index (χ2n) is 12.1. The number of carbonyl (C=O) groups is 5. The van der Waals surface area contributed by atoms with Gasteiger partial charge in [0.15, 0.2) is 11.6 Å². The summed E-state index contributed by atoms with van der Waals surface area (Å²) < 4.78 is 16.6. The van der Waals surface area contributed by atoms with E-state index in [1.807, 2.05) is 0 Å². The number of aliphatic hydroxyl groups excluding tert-OH is 2. The van der Waals surface area contributed by atoms with E-state index in [1.54, 1.807) is 19.1 Å². The highest BCUT2D eigenvalue weighted by atomic mass is 16.6. The van der Waals surface area contributed by atoms with Gasteiger partial charge in [-0.05, 0) is 48.8 Å². The molecule has 236 valence electrons. The Morgan fingerprint density at radius 3 is 2.39 bits per heavy atom. The number of aliphatic hydroxyl groups is 3. The number of esters is 2. The van der Waals surface area contributed by atoms with Gasteiger partial charge in [0, 0.05) is 18.1 Å². The summed E-state index contributed by atoms with van der Waals surface area (Å²) in [7, 11) is 0.885. The third-order valence-corrected chi connectivity index (χ3v) is 9.61. The van der Waals surface area contributed by atoms with Crippen molar-refractivity contribution in [3.05, 3.63) is 81.5 Å². The molecule has 6 atom stereocenters. The summed E-state index contributed by atoms with van der Waals surface area (Å²) in [4.78, 5) is 67.3. The average molecular weight is 631 g/mol. The van der Waals surface area contributed by atoms with Crippen LogP contribution < -0.4 is 4.74 Å². The number of hydrogen-bond acceptors (Lipinski definition) is 13. The van der Waals surface area contributed by atoms with Crippen LogP contribution in [0.4, 0.5) is 0 Å². The first-order chi connectivity index (χ1) is 21.6. The molecule has 6 aliphatic rings. The number of benzene rings is 2. The first-order valence-electron chi connectivity index (χ1n) is 14.2. The third kappa shape index (κ3) is 3.23. The standard InChI is InChI=1S/C33H26O13/c1-12-8-16-22(17(35)9-12)26(40)24-25(39)15-6-7-31(24,29(16)45-13(2)34)11-14-10-18(36)23-27(21(14)15)46-33(30(42)44-3)20(38)5-4-19(37)32(33,43)28(23)41/h4-10,15,20,29,35-36,38,40,43H,11H2,1-3H3/t15-,20-,29-,31-,32+,33-/m0/s1. The summed E-state index contributed by atoms with van der Waals surface area (Å²) in [5.74, 6) is -9.42. The third-order valence-electron chi connectivity index (χ3n) is 9.61. The predicted octanol–water partition coefficient (Wildman–Crippen LogP) is 1.48. The Balaban J connectivity index is 1.54.